The van der Waals surface area contributed by atoms with Crippen LogP contribution in [0.4, 0.5) is 0 Å². The molecule has 6 nitrogen and oxygen atoms in total. The molecule has 0 bridgehead atoms. The van der Waals surface area contributed by atoms with E-state index in [2.05, 4.69) is 20.4 Å². The zero-order chi connectivity index (χ0) is 10.1. The molecule has 72 valence electrons. The van der Waals surface area contributed by atoms with E-state index in [1.165, 1.54) is 22.3 Å². The average molecular weight is 209 g/mol. The predicted molar refractivity (Wildman–Crippen MR) is 49.1 cm³/mol. The Kier molecular flexibility index (Phi) is 2.08. The van der Waals surface area contributed by atoms with Crippen molar-refractivity contribution in [2.75, 3.05) is 0 Å². The minimum Gasteiger partial charge on any atom is -0.284 e. The first-order valence-electron chi connectivity index (χ1n) is 3.88. The summed E-state index contributed by atoms with van der Waals surface area (Å²) in [6.45, 7) is 1.84. The van der Waals surface area contributed by atoms with E-state index in [4.69, 9.17) is 0 Å². The van der Waals surface area contributed by atoms with E-state index in [1.54, 1.807) is 7.05 Å². The number of carbonyl (C=O) groups is 1. The Hall–Kier alpha value is -1.63. The van der Waals surface area contributed by atoms with E-state index in [-0.39, 0.29) is 11.6 Å². The summed E-state index contributed by atoms with van der Waals surface area (Å²) in [6.07, 6.45) is 1.53. The second-order valence-electron chi connectivity index (χ2n) is 2.68. The number of nitrogens with zero attached hydrogens (tertiary/aromatic N) is 5. The van der Waals surface area contributed by atoms with Crippen LogP contribution in [0.2, 0.25) is 0 Å². The molecule has 0 radical (unpaired) electrons. The lowest BCUT2D eigenvalue weighted by atomic mass is 10.3. The number of hydrogen-bond acceptors (Lipinski definition) is 6. The smallest absolute Gasteiger partial charge is 0.246 e. The third-order valence-electron chi connectivity index (χ3n) is 1.56. The fourth-order valence-electron chi connectivity index (χ4n) is 0.952. The molecule has 0 saturated carbocycles. The van der Waals surface area contributed by atoms with E-state index >= 15 is 0 Å². The van der Waals surface area contributed by atoms with Crippen molar-refractivity contribution in [2.45, 2.75) is 6.92 Å². The molecule has 7 heteroatoms. The van der Waals surface area contributed by atoms with Gasteiger partial charge < -0.3 is 0 Å². The van der Waals surface area contributed by atoms with Gasteiger partial charge in [-0.3, -0.25) is 4.79 Å². The molecule has 0 spiro atoms. The van der Waals surface area contributed by atoms with Gasteiger partial charge in [0.1, 0.15) is 0 Å². The van der Waals surface area contributed by atoms with Gasteiger partial charge in [-0.05, 0) is 12.1 Å². The Morgan fingerprint density at radius 1 is 1.57 bits per heavy atom. The monoisotopic (exact) mass is 209 g/mol. The zero-order valence-electron chi connectivity index (χ0n) is 7.63. The van der Waals surface area contributed by atoms with Crippen molar-refractivity contribution in [1.82, 2.24) is 25.2 Å². The molecule has 2 rings (SSSR count). The van der Waals surface area contributed by atoms with Crippen LogP contribution in [0, 0.1) is 6.92 Å². The van der Waals surface area contributed by atoms with Gasteiger partial charge in [-0.25, -0.2) is 4.98 Å². The minimum atomic E-state index is -0.233. The highest BCUT2D eigenvalue weighted by Crippen LogP contribution is 2.13. The number of ketones is 1. The van der Waals surface area contributed by atoms with Gasteiger partial charge in [-0.2, -0.15) is 4.80 Å². The van der Waals surface area contributed by atoms with E-state index in [9.17, 15) is 4.79 Å². The fourth-order valence-corrected chi connectivity index (χ4v) is 1.66. The Morgan fingerprint density at radius 3 is 2.86 bits per heavy atom. The molecule has 0 aliphatic heterocycles. The van der Waals surface area contributed by atoms with Crippen LogP contribution in [0.5, 0.6) is 0 Å². The molecular formula is C7H7N5OS. The first-order chi connectivity index (χ1) is 6.66. The van der Waals surface area contributed by atoms with Crippen LogP contribution in [0.25, 0.3) is 0 Å². The molecule has 2 heterocycles. The maximum absolute atomic E-state index is 11.7. The summed E-state index contributed by atoms with van der Waals surface area (Å²) in [7, 11) is 1.61. The van der Waals surface area contributed by atoms with Crippen LogP contribution in [-0.4, -0.2) is 31.0 Å². The number of carbonyl (C=O) groups excluding carboxylic acids is 1. The predicted octanol–water partition coefficient (Wildman–Crippen LogP) is 0.206. The van der Waals surface area contributed by atoms with Crippen LogP contribution < -0.4 is 0 Å². The molecule has 0 N–H and O–H groups in total. The van der Waals surface area contributed by atoms with E-state index in [0.29, 0.717) is 4.88 Å². The van der Waals surface area contributed by atoms with E-state index in [0.717, 1.165) is 5.01 Å². The summed E-state index contributed by atoms with van der Waals surface area (Å²) < 4.78 is 0. The summed E-state index contributed by atoms with van der Waals surface area (Å²) in [5.74, 6) is -0.125. The molecule has 0 atom stereocenters. The average Bonchev–Trinajstić information content (AvgIpc) is 2.73. The van der Waals surface area contributed by atoms with Crippen molar-refractivity contribution in [1.29, 1.82) is 0 Å². The van der Waals surface area contributed by atoms with Crippen molar-refractivity contribution < 1.29 is 4.79 Å². The van der Waals surface area contributed by atoms with Gasteiger partial charge in [0.2, 0.25) is 11.6 Å². The van der Waals surface area contributed by atoms with Gasteiger partial charge in [-0.1, -0.05) is 0 Å². The lowest BCUT2D eigenvalue weighted by Gasteiger charge is -1.86. The van der Waals surface area contributed by atoms with Crippen molar-refractivity contribution in [3.05, 3.63) is 21.9 Å². The van der Waals surface area contributed by atoms with Gasteiger partial charge in [0.15, 0.2) is 0 Å². The first-order valence-corrected chi connectivity index (χ1v) is 4.69. The quantitative estimate of drug-likeness (QED) is 0.661. The fraction of sp³-hybridized carbons (Fsp3) is 0.286. The van der Waals surface area contributed by atoms with Crippen LogP contribution in [-0.2, 0) is 7.05 Å². The highest BCUT2D eigenvalue weighted by molar-refractivity contribution is 7.13. The maximum Gasteiger partial charge on any atom is 0.246 e. The number of thiazole rings is 1. The Bertz CT molecular complexity index is 432. The standard InChI is InChI=1S/C7H7N5OS/c1-4-8-3-5(14-4)6(13)7-9-11-12(2)10-7/h3H,1-2H3. The van der Waals surface area contributed by atoms with Gasteiger partial charge in [0.25, 0.3) is 0 Å². The molecule has 0 aromatic carbocycles. The van der Waals surface area contributed by atoms with Crippen molar-refractivity contribution in [2.24, 2.45) is 7.05 Å². The van der Waals surface area contributed by atoms with Gasteiger partial charge in [0, 0.05) is 6.20 Å². The second kappa shape index (κ2) is 3.26. The summed E-state index contributed by atoms with van der Waals surface area (Å²) >= 11 is 1.32. The molecule has 0 saturated heterocycles. The number of rotatable bonds is 2. The molecular weight excluding hydrogens is 202 g/mol. The van der Waals surface area contributed by atoms with Crippen LogP contribution in [0.1, 0.15) is 20.5 Å². The Labute approximate surface area is 83.6 Å². The normalized spacial score (nSPS) is 10.4. The lowest BCUT2D eigenvalue weighted by molar-refractivity contribution is 0.103. The van der Waals surface area contributed by atoms with Crippen LogP contribution in [0.3, 0.4) is 0 Å². The van der Waals surface area contributed by atoms with Crippen molar-refractivity contribution in [3.8, 4) is 0 Å². The van der Waals surface area contributed by atoms with Crippen molar-refractivity contribution in [3.63, 3.8) is 0 Å². The molecule has 0 unspecified atom stereocenters. The molecule has 0 amide bonds. The second-order valence-corrected chi connectivity index (χ2v) is 3.91. The summed E-state index contributed by atoms with van der Waals surface area (Å²) in [5, 5.41) is 11.9. The SMILES string of the molecule is Cc1ncc(C(=O)c2nnn(C)n2)s1. The molecule has 0 aliphatic carbocycles. The van der Waals surface area contributed by atoms with Gasteiger partial charge >= 0.3 is 0 Å². The number of aromatic nitrogens is 5. The lowest BCUT2D eigenvalue weighted by Crippen LogP contribution is -2.02. The topological polar surface area (TPSA) is 73.6 Å². The van der Waals surface area contributed by atoms with Crippen molar-refractivity contribution >= 4 is 17.1 Å². The number of tetrazole rings is 1. The third-order valence-corrected chi connectivity index (χ3v) is 2.47. The molecule has 14 heavy (non-hydrogen) atoms. The summed E-state index contributed by atoms with van der Waals surface area (Å²) in [6, 6.07) is 0. The van der Waals surface area contributed by atoms with E-state index in [1.807, 2.05) is 6.92 Å². The summed E-state index contributed by atoms with van der Waals surface area (Å²) in [5.41, 5.74) is 0. The third kappa shape index (κ3) is 1.53. The molecule has 2 aromatic rings. The minimum absolute atomic E-state index is 0.108. The first kappa shape index (κ1) is 8.95. The maximum atomic E-state index is 11.7. The highest BCUT2D eigenvalue weighted by Gasteiger charge is 2.16. The Morgan fingerprint density at radius 2 is 2.36 bits per heavy atom. The van der Waals surface area contributed by atoms with E-state index < -0.39 is 0 Å². The number of hydrogen-bond donors (Lipinski definition) is 0. The van der Waals surface area contributed by atoms with Crippen LogP contribution in [0.15, 0.2) is 6.20 Å². The molecule has 0 fully saturated rings. The number of aryl methyl sites for hydroxylation is 2. The van der Waals surface area contributed by atoms with Gasteiger partial charge in [-0.15, -0.1) is 21.5 Å². The van der Waals surface area contributed by atoms with Crippen LogP contribution >= 0.6 is 11.3 Å². The largest absolute Gasteiger partial charge is 0.284 e. The summed E-state index contributed by atoms with van der Waals surface area (Å²) in [4.78, 5) is 17.4. The zero-order valence-corrected chi connectivity index (χ0v) is 8.45. The van der Waals surface area contributed by atoms with Gasteiger partial charge in [0.05, 0.1) is 16.9 Å². The molecule has 2 aromatic heterocycles. The Balaban J connectivity index is 2.33. The highest BCUT2D eigenvalue weighted by atomic mass is 32.1. The molecule has 0 aliphatic rings.